The molecule has 0 saturated heterocycles. The molecular weight excluding hydrogens is 351 g/mol. The van der Waals surface area contributed by atoms with Crippen molar-refractivity contribution in [3.8, 4) is 0 Å². The number of halogens is 2. The molecule has 0 aliphatic rings. The summed E-state index contributed by atoms with van der Waals surface area (Å²) in [5.41, 5.74) is 6.75. The molecule has 6 nitrogen and oxygen atoms in total. The smallest absolute Gasteiger partial charge is 0.281 e. The van der Waals surface area contributed by atoms with Gasteiger partial charge >= 0.3 is 0 Å². The van der Waals surface area contributed by atoms with Gasteiger partial charge in [-0.15, -0.1) is 0 Å². The van der Waals surface area contributed by atoms with Crippen molar-refractivity contribution in [3.05, 3.63) is 39.7 Å². The molecule has 0 amide bonds. The Morgan fingerprint density at radius 3 is 2.80 bits per heavy atom. The molecule has 0 aliphatic carbocycles. The third-order valence-corrected chi connectivity index (χ3v) is 4.63. The Kier molecular flexibility index (Phi) is 4.11. The van der Waals surface area contributed by atoms with Gasteiger partial charge in [-0.1, -0.05) is 0 Å². The molecule has 20 heavy (non-hydrogen) atoms. The molecule has 0 bridgehead atoms. The van der Waals surface area contributed by atoms with Crippen LogP contribution in [0.1, 0.15) is 11.3 Å². The highest BCUT2D eigenvalue weighted by molar-refractivity contribution is 9.10. The van der Waals surface area contributed by atoms with Crippen molar-refractivity contribution in [3.63, 3.8) is 0 Å². The average Bonchev–Trinajstić information content (AvgIpc) is 2.75. The van der Waals surface area contributed by atoms with Gasteiger partial charge in [-0.05, 0) is 41.1 Å². The summed E-state index contributed by atoms with van der Waals surface area (Å²) in [6.45, 7) is 1.73. The molecule has 0 unspecified atom stereocenters. The van der Waals surface area contributed by atoms with Crippen LogP contribution in [0.3, 0.4) is 0 Å². The Balaban J connectivity index is 2.38. The number of rotatable bonds is 4. The maximum absolute atomic E-state index is 13.1. The zero-order valence-electron chi connectivity index (χ0n) is 10.4. The first-order valence-electron chi connectivity index (χ1n) is 5.57. The van der Waals surface area contributed by atoms with E-state index in [2.05, 4.69) is 30.8 Å². The Hall–Kier alpha value is -1.45. The SMILES string of the molecule is Cc1[nH]nc(S(=O)(=O)Nc2ccc(F)c(Br)c2)c1CN. The third-order valence-electron chi connectivity index (χ3n) is 2.67. The monoisotopic (exact) mass is 362 g/mol. The van der Waals surface area contributed by atoms with Gasteiger partial charge in [0.1, 0.15) is 5.82 Å². The lowest BCUT2D eigenvalue weighted by Gasteiger charge is -2.08. The van der Waals surface area contributed by atoms with Crippen LogP contribution < -0.4 is 10.5 Å². The van der Waals surface area contributed by atoms with Crippen LogP contribution in [0.5, 0.6) is 0 Å². The molecule has 0 radical (unpaired) electrons. The molecule has 0 aliphatic heterocycles. The Labute approximate surface area is 123 Å². The van der Waals surface area contributed by atoms with E-state index in [4.69, 9.17) is 5.73 Å². The van der Waals surface area contributed by atoms with E-state index in [9.17, 15) is 12.8 Å². The van der Waals surface area contributed by atoms with Crippen molar-refractivity contribution in [2.75, 3.05) is 4.72 Å². The van der Waals surface area contributed by atoms with E-state index in [0.29, 0.717) is 11.3 Å². The second-order valence-electron chi connectivity index (χ2n) is 4.07. The zero-order valence-corrected chi connectivity index (χ0v) is 12.8. The van der Waals surface area contributed by atoms with Gasteiger partial charge < -0.3 is 5.73 Å². The summed E-state index contributed by atoms with van der Waals surface area (Å²) in [7, 11) is -3.88. The number of hydrogen-bond acceptors (Lipinski definition) is 4. The number of sulfonamides is 1. The molecule has 1 aromatic carbocycles. The molecule has 0 spiro atoms. The number of nitrogens with one attached hydrogen (secondary N) is 2. The van der Waals surface area contributed by atoms with E-state index in [1.54, 1.807) is 6.92 Å². The second kappa shape index (κ2) is 5.51. The Morgan fingerprint density at radius 2 is 2.20 bits per heavy atom. The van der Waals surface area contributed by atoms with Crippen LogP contribution >= 0.6 is 15.9 Å². The molecule has 108 valence electrons. The van der Waals surface area contributed by atoms with Crippen LogP contribution in [0.2, 0.25) is 0 Å². The topological polar surface area (TPSA) is 101 Å². The number of aromatic amines is 1. The van der Waals surface area contributed by atoms with Gasteiger partial charge in [0.2, 0.25) is 5.03 Å². The van der Waals surface area contributed by atoms with Gasteiger partial charge in [-0.25, -0.2) is 4.39 Å². The summed E-state index contributed by atoms with van der Waals surface area (Å²) in [6, 6.07) is 3.80. The number of hydrogen-bond donors (Lipinski definition) is 3. The lowest BCUT2D eigenvalue weighted by Crippen LogP contribution is -2.16. The van der Waals surface area contributed by atoms with Crippen LogP contribution in [-0.4, -0.2) is 18.6 Å². The number of nitrogens with zero attached hydrogens (tertiary/aromatic N) is 1. The molecule has 2 rings (SSSR count). The fourth-order valence-electron chi connectivity index (χ4n) is 1.66. The van der Waals surface area contributed by atoms with Gasteiger partial charge in [0.05, 0.1) is 10.2 Å². The van der Waals surface area contributed by atoms with Gasteiger partial charge in [0.25, 0.3) is 10.0 Å². The van der Waals surface area contributed by atoms with Gasteiger partial charge in [0, 0.05) is 17.8 Å². The molecule has 1 heterocycles. The highest BCUT2D eigenvalue weighted by atomic mass is 79.9. The van der Waals surface area contributed by atoms with E-state index < -0.39 is 15.8 Å². The quantitative estimate of drug-likeness (QED) is 0.772. The van der Waals surface area contributed by atoms with Crippen LogP contribution in [0.15, 0.2) is 27.7 Å². The molecule has 1 aromatic heterocycles. The van der Waals surface area contributed by atoms with E-state index >= 15 is 0 Å². The fraction of sp³-hybridized carbons (Fsp3) is 0.182. The maximum Gasteiger partial charge on any atom is 0.281 e. The number of aromatic nitrogens is 2. The fourth-order valence-corrected chi connectivity index (χ4v) is 3.30. The largest absolute Gasteiger partial charge is 0.326 e. The Morgan fingerprint density at radius 1 is 1.50 bits per heavy atom. The molecule has 0 fully saturated rings. The Bertz CT molecular complexity index is 745. The van der Waals surface area contributed by atoms with Crippen LogP contribution in [0.4, 0.5) is 10.1 Å². The van der Waals surface area contributed by atoms with Crippen molar-refractivity contribution in [2.24, 2.45) is 5.73 Å². The molecule has 2 aromatic rings. The van der Waals surface area contributed by atoms with Crippen molar-refractivity contribution >= 4 is 31.6 Å². The number of H-pyrrole nitrogens is 1. The van der Waals surface area contributed by atoms with Gasteiger partial charge in [-0.3, -0.25) is 9.82 Å². The predicted octanol–water partition coefficient (Wildman–Crippen LogP) is 1.88. The summed E-state index contributed by atoms with van der Waals surface area (Å²) in [5.74, 6) is -0.480. The lowest BCUT2D eigenvalue weighted by molar-refractivity contribution is 0.595. The van der Waals surface area contributed by atoms with Crippen molar-refractivity contribution in [1.29, 1.82) is 0 Å². The van der Waals surface area contributed by atoms with E-state index in [0.717, 1.165) is 6.07 Å². The van der Waals surface area contributed by atoms with Crippen molar-refractivity contribution < 1.29 is 12.8 Å². The number of anilines is 1. The molecular formula is C11H12BrFN4O2S. The minimum absolute atomic E-state index is 0.0473. The summed E-state index contributed by atoms with van der Waals surface area (Å²) in [5, 5.41) is 6.18. The molecule has 4 N–H and O–H groups in total. The first-order chi connectivity index (χ1) is 9.35. The molecule has 0 saturated carbocycles. The number of nitrogens with two attached hydrogens (primary N) is 1. The molecule has 9 heteroatoms. The maximum atomic E-state index is 13.1. The lowest BCUT2D eigenvalue weighted by atomic mass is 10.3. The summed E-state index contributed by atoms with van der Waals surface area (Å²) in [4.78, 5) is 0. The minimum atomic E-state index is -3.88. The zero-order chi connectivity index (χ0) is 14.9. The van der Waals surface area contributed by atoms with E-state index in [1.807, 2.05) is 0 Å². The first kappa shape index (κ1) is 14.9. The van der Waals surface area contributed by atoms with Crippen molar-refractivity contribution in [2.45, 2.75) is 18.5 Å². The summed E-state index contributed by atoms with van der Waals surface area (Å²) in [6.07, 6.45) is 0. The van der Waals surface area contributed by atoms with Crippen LogP contribution in [0, 0.1) is 12.7 Å². The van der Waals surface area contributed by atoms with Crippen LogP contribution in [-0.2, 0) is 16.6 Å². The summed E-state index contributed by atoms with van der Waals surface area (Å²) < 4.78 is 40.1. The summed E-state index contributed by atoms with van der Waals surface area (Å²) >= 11 is 2.99. The number of aryl methyl sites for hydroxylation is 1. The second-order valence-corrected chi connectivity index (χ2v) is 6.52. The predicted molar refractivity (Wildman–Crippen MR) is 76.1 cm³/mol. The standard InChI is InChI=1S/C11H12BrFN4O2S/c1-6-8(5-14)11(16-15-6)20(18,19)17-7-2-3-10(13)9(12)4-7/h2-4,17H,5,14H2,1H3,(H,15,16). The van der Waals surface area contributed by atoms with Gasteiger partial charge in [0.15, 0.2) is 0 Å². The normalized spacial score (nSPS) is 11.6. The van der Waals surface area contributed by atoms with Gasteiger partial charge in [-0.2, -0.15) is 13.5 Å². The van der Waals surface area contributed by atoms with Crippen molar-refractivity contribution in [1.82, 2.24) is 10.2 Å². The first-order valence-corrected chi connectivity index (χ1v) is 7.84. The van der Waals surface area contributed by atoms with E-state index in [-0.39, 0.29) is 21.7 Å². The minimum Gasteiger partial charge on any atom is -0.326 e. The highest BCUT2D eigenvalue weighted by Crippen LogP contribution is 2.23. The van der Waals surface area contributed by atoms with Crippen LogP contribution in [0.25, 0.3) is 0 Å². The van der Waals surface area contributed by atoms with E-state index in [1.165, 1.54) is 12.1 Å². The molecule has 0 atom stereocenters. The average molecular weight is 363 g/mol. The highest BCUT2D eigenvalue weighted by Gasteiger charge is 2.23. The number of benzene rings is 1. The third kappa shape index (κ3) is 2.84.